The van der Waals surface area contributed by atoms with E-state index in [1.807, 2.05) is 107 Å². The highest BCUT2D eigenvalue weighted by Crippen LogP contribution is 2.22. The maximum atomic E-state index is 12.6. The number of hydrogen-bond donors (Lipinski definition) is 1. The summed E-state index contributed by atoms with van der Waals surface area (Å²) in [6, 6.07) is 25.8. The lowest BCUT2D eigenvalue weighted by Crippen LogP contribution is -2.27. The average molecular weight is 435 g/mol. The largest absolute Gasteiger partial charge is 0.350 e. The number of nitrogens with one attached hydrogen (secondary N) is 1. The molecule has 0 saturated carbocycles. The maximum absolute atomic E-state index is 12.6. The van der Waals surface area contributed by atoms with Gasteiger partial charge in [-0.15, -0.1) is 0 Å². The molecule has 0 aliphatic heterocycles. The van der Waals surface area contributed by atoms with Crippen LogP contribution in [-0.4, -0.2) is 29.6 Å². The molecule has 0 bridgehead atoms. The first-order chi connectivity index (χ1) is 15.0. The normalized spacial score (nSPS) is 9.81. The molecule has 4 rings (SSSR count). The van der Waals surface area contributed by atoms with Crippen LogP contribution in [0.1, 0.15) is 27.2 Å². The van der Waals surface area contributed by atoms with Crippen LogP contribution < -0.4 is 0 Å². The Morgan fingerprint density at radius 3 is 2.06 bits per heavy atom. The van der Waals surface area contributed by atoms with Crippen molar-refractivity contribution in [3.05, 3.63) is 106 Å². The fourth-order valence-corrected chi connectivity index (χ4v) is 3.28. The predicted molar refractivity (Wildman–Crippen MR) is 129 cm³/mol. The SMILES string of the molecule is C=O.Cc1c(C(=O)N(C)Cc2ccccc2)[nH]c2ccccc12.Cc1ccc(Cl)cc1. The minimum absolute atomic E-state index is 0.0209. The fourth-order valence-electron chi connectivity index (χ4n) is 3.15. The molecule has 160 valence electrons. The summed E-state index contributed by atoms with van der Waals surface area (Å²) in [5.74, 6) is 0.0209. The summed E-state index contributed by atoms with van der Waals surface area (Å²) in [5.41, 5.74) is 5.06. The van der Waals surface area contributed by atoms with Crippen LogP contribution in [-0.2, 0) is 11.3 Å². The minimum atomic E-state index is 0.0209. The number of nitrogens with zero attached hydrogens (tertiary/aromatic N) is 1. The van der Waals surface area contributed by atoms with Gasteiger partial charge in [-0.2, -0.15) is 0 Å². The summed E-state index contributed by atoms with van der Waals surface area (Å²) in [6.45, 7) is 6.63. The Bertz CT molecular complexity index is 1080. The zero-order valence-electron chi connectivity index (χ0n) is 18.1. The molecule has 0 spiro atoms. The predicted octanol–water partition coefficient (Wildman–Crippen LogP) is 6.21. The lowest BCUT2D eigenvalue weighted by molar-refractivity contribution is -0.0980. The van der Waals surface area contributed by atoms with Gasteiger partial charge in [-0.25, -0.2) is 0 Å². The number of carbonyl (C=O) groups excluding carboxylic acids is 2. The Morgan fingerprint density at radius 2 is 1.48 bits per heavy atom. The van der Waals surface area contributed by atoms with Crippen molar-refractivity contribution in [1.82, 2.24) is 9.88 Å². The van der Waals surface area contributed by atoms with Crippen LogP contribution in [0.2, 0.25) is 5.02 Å². The lowest BCUT2D eigenvalue weighted by Gasteiger charge is -2.17. The van der Waals surface area contributed by atoms with Crippen LogP contribution in [0, 0.1) is 13.8 Å². The standard InChI is InChI=1S/C18H18N2O.C7H7Cl.CH2O/c1-13-15-10-6-7-11-16(15)19-17(13)18(21)20(2)12-14-8-4-3-5-9-14;1-6-2-4-7(8)5-3-6;1-2/h3-11,19H,12H2,1-2H3;2-5H,1H3;1H2. The summed E-state index contributed by atoms with van der Waals surface area (Å²) in [6.07, 6.45) is 0. The second kappa shape index (κ2) is 11.7. The van der Waals surface area contributed by atoms with Gasteiger partial charge in [0.1, 0.15) is 12.5 Å². The molecule has 1 N–H and O–H groups in total. The molecule has 0 radical (unpaired) electrons. The van der Waals surface area contributed by atoms with Crippen LogP contribution in [0.25, 0.3) is 10.9 Å². The number of H-pyrrole nitrogens is 1. The summed E-state index contributed by atoms with van der Waals surface area (Å²) < 4.78 is 0. The molecule has 3 aromatic carbocycles. The fraction of sp³-hybridized carbons (Fsp3) is 0.154. The molecular formula is C26H27ClN2O2. The number of rotatable bonds is 3. The van der Waals surface area contributed by atoms with E-state index in [-0.39, 0.29) is 5.91 Å². The Morgan fingerprint density at radius 1 is 0.903 bits per heavy atom. The van der Waals surface area contributed by atoms with Crippen molar-refractivity contribution in [2.45, 2.75) is 20.4 Å². The van der Waals surface area contributed by atoms with Crippen molar-refractivity contribution in [2.75, 3.05) is 7.05 Å². The van der Waals surface area contributed by atoms with Crippen LogP contribution in [0.4, 0.5) is 0 Å². The molecule has 5 heteroatoms. The van der Waals surface area contributed by atoms with Gasteiger partial charge in [-0.3, -0.25) is 4.79 Å². The minimum Gasteiger partial charge on any atom is -0.350 e. The molecule has 1 heterocycles. The van der Waals surface area contributed by atoms with Crippen molar-refractivity contribution >= 4 is 35.2 Å². The lowest BCUT2D eigenvalue weighted by atomic mass is 10.1. The molecule has 0 saturated heterocycles. The van der Waals surface area contributed by atoms with Crippen molar-refractivity contribution in [1.29, 1.82) is 0 Å². The second-order valence-corrected chi connectivity index (χ2v) is 7.55. The Kier molecular flexibility index (Phi) is 9.04. The number of halogens is 1. The molecule has 0 unspecified atom stereocenters. The maximum Gasteiger partial charge on any atom is 0.270 e. The van der Waals surface area contributed by atoms with Crippen molar-refractivity contribution < 1.29 is 9.59 Å². The third kappa shape index (κ3) is 6.56. The molecule has 31 heavy (non-hydrogen) atoms. The van der Waals surface area contributed by atoms with Gasteiger partial charge in [-0.05, 0) is 43.2 Å². The monoisotopic (exact) mass is 434 g/mol. The van der Waals surface area contributed by atoms with Gasteiger partial charge in [0, 0.05) is 29.5 Å². The van der Waals surface area contributed by atoms with E-state index in [0.717, 1.165) is 27.1 Å². The third-order valence-electron chi connectivity index (χ3n) is 4.80. The van der Waals surface area contributed by atoms with Gasteiger partial charge in [0.15, 0.2) is 0 Å². The molecule has 1 aromatic heterocycles. The number of hydrogen-bond acceptors (Lipinski definition) is 2. The number of para-hydroxylation sites is 1. The first-order valence-corrected chi connectivity index (χ1v) is 10.2. The van der Waals surface area contributed by atoms with Gasteiger partial charge < -0.3 is 14.7 Å². The number of aromatic amines is 1. The van der Waals surface area contributed by atoms with Crippen molar-refractivity contribution in [3.8, 4) is 0 Å². The van der Waals surface area contributed by atoms with Gasteiger partial charge in [0.2, 0.25) is 0 Å². The highest BCUT2D eigenvalue weighted by Gasteiger charge is 2.18. The number of aryl methyl sites for hydroxylation is 2. The van der Waals surface area contributed by atoms with E-state index in [4.69, 9.17) is 16.4 Å². The number of carbonyl (C=O) groups is 2. The number of aromatic nitrogens is 1. The van der Waals surface area contributed by atoms with Crippen LogP contribution in [0.5, 0.6) is 0 Å². The molecule has 0 aliphatic rings. The summed E-state index contributed by atoms with van der Waals surface area (Å²) >= 11 is 5.61. The van der Waals surface area contributed by atoms with Gasteiger partial charge >= 0.3 is 0 Å². The van der Waals surface area contributed by atoms with Gasteiger partial charge in [0.05, 0.1) is 0 Å². The molecule has 0 atom stereocenters. The van der Waals surface area contributed by atoms with Gasteiger partial charge in [0.25, 0.3) is 5.91 Å². The Labute approximate surface area is 188 Å². The topological polar surface area (TPSA) is 53.2 Å². The first kappa shape index (κ1) is 23.9. The van der Waals surface area contributed by atoms with Crippen molar-refractivity contribution in [2.24, 2.45) is 0 Å². The molecule has 4 nitrogen and oxygen atoms in total. The van der Waals surface area contributed by atoms with E-state index in [9.17, 15) is 4.79 Å². The zero-order chi connectivity index (χ0) is 22.8. The van der Waals surface area contributed by atoms with Crippen LogP contribution >= 0.6 is 11.6 Å². The van der Waals surface area contributed by atoms with E-state index >= 15 is 0 Å². The first-order valence-electron chi connectivity index (χ1n) is 9.83. The smallest absolute Gasteiger partial charge is 0.270 e. The summed E-state index contributed by atoms with van der Waals surface area (Å²) in [4.78, 5) is 25.6. The van der Waals surface area contributed by atoms with Crippen molar-refractivity contribution in [3.63, 3.8) is 0 Å². The molecule has 1 amide bonds. The average Bonchev–Trinajstić information content (AvgIpc) is 3.14. The quantitative estimate of drug-likeness (QED) is 0.416. The number of fused-ring (bicyclic) bond motifs is 1. The molecule has 4 aromatic rings. The third-order valence-corrected chi connectivity index (χ3v) is 5.05. The Balaban J connectivity index is 0.000000286. The molecule has 0 fully saturated rings. The molecule has 0 aliphatic carbocycles. The van der Waals surface area contributed by atoms with E-state index in [1.165, 1.54) is 5.56 Å². The summed E-state index contributed by atoms with van der Waals surface area (Å²) in [7, 11) is 1.83. The van der Waals surface area contributed by atoms with Crippen LogP contribution in [0.3, 0.4) is 0 Å². The van der Waals surface area contributed by atoms with E-state index < -0.39 is 0 Å². The van der Waals surface area contributed by atoms with Crippen LogP contribution in [0.15, 0.2) is 78.9 Å². The van der Waals surface area contributed by atoms with E-state index in [1.54, 1.807) is 4.90 Å². The number of benzene rings is 3. The van der Waals surface area contributed by atoms with E-state index in [0.29, 0.717) is 12.2 Å². The highest BCUT2D eigenvalue weighted by molar-refractivity contribution is 6.30. The zero-order valence-corrected chi connectivity index (χ0v) is 18.8. The molecular weight excluding hydrogens is 408 g/mol. The van der Waals surface area contributed by atoms with E-state index in [2.05, 4.69) is 4.98 Å². The Hall–Kier alpha value is -3.37. The highest BCUT2D eigenvalue weighted by atomic mass is 35.5. The second-order valence-electron chi connectivity index (χ2n) is 7.11. The number of amides is 1. The summed E-state index contributed by atoms with van der Waals surface area (Å²) in [5, 5.41) is 1.91. The van der Waals surface area contributed by atoms with Gasteiger partial charge in [-0.1, -0.05) is 77.8 Å².